The number of carbonyl (C=O) groups is 1. The van der Waals surface area contributed by atoms with E-state index in [0.717, 1.165) is 29.4 Å². The number of fused-ring (bicyclic) bond motifs is 1. The van der Waals surface area contributed by atoms with Crippen molar-refractivity contribution >= 4 is 28.4 Å². The lowest BCUT2D eigenvalue weighted by atomic mass is 10.1. The van der Waals surface area contributed by atoms with E-state index < -0.39 is 0 Å². The zero-order valence-electron chi connectivity index (χ0n) is 17.8. The number of nitrogens with zero attached hydrogens (tertiary/aromatic N) is 1. The van der Waals surface area contributed by atoms with E-state index in [1.165, 1.54) is 32.4 Å². The number of hydrogen-bond donors (Lipinski definition) is 2. The molecule has 4 rings (SSSR count). The second-order valence-corrected chi connectivity index (χ2v) is 8.57. The van der Waals surface area contributed by atoms with Gasteiger partial charge in [-0.15, -0.1) is 0 Å². The van der Waals surface area contributed by atoms with Gasteiger partial charge in [0.25, 0.3) is 5.91 Å². The highest BCUT2D eigenvalue weighted by Gasteiger charge is 2.17. The molecule has 31 heavy (non-hydrogen) atoms. The second-order valence-electron chi connectivity index (χ2n) is 8.16. The Labute approximate surface area is 188 Å². The van der Waals surface area contributed by atoms with Crippen LogP contribution in [0.4, 0.5) is 0 Å². The van der Waals surface area contributed by atoms with Gasteiger partial charge in [0.05, 0.1) is 17.7 Å². The quantitative estimate of drug-likeness (QED) is 0.451. The van der Waals surface area contributed by atoms with Crippen molar-refractivity contribution in [3.63, 3.8) is 0 Å². The van der Waals surface area contributed by atoms with E-state index in [1.807, 2.05) is 42.5 Å². The molecule has 1 aliphatic heterocycles. The Morgan fingerprint density at radius 3 is 2.74 bits per heavy atom. The molecule has 0 saturated carbocycles. The lowest BCUT2D eigenvalue weighted by molar-refractivity contribution is 0.0803. The van der Waals surface area contributed by atoms with Crippen molar-refractivity contribution < 1.29 is 9.53 Å². The van der Waals surface area contributed by atoms with Crippen LogP contribution >= 0.6 is 11.6 Å². The highest BCUT2D eigenvalue weighted by atomic mass is 35.5. The zero-order chi connectivity index (χ0) is 21.5. The number of aromatic nitrogens is 1. The third-order valence-electron chi connectivity index (χ3n) is 5.90. The average molecular weight is 440 g/mol. The van der Waals surface area contributed by atoms with E-state index in [1.54, 1.807) is 12.3 Å². The number of benzene rings is 2. The molecule has 0 unspecified atom stereocenters. The van der Waals surface area contributed by atoms with Crippen LogP contribution in [0.1, 0.15) is 47.6 Å². The van der Waals surface area contributed by atoms with Crippen LogP contribution < -0.4 is 5.32 Å². The summed E-state index contributed by atoms with van der Waals surface area (Å²) in [5.74, 6) is -0.126. The average Bonchev–Trinajstić information content (AvgIpc) is 3.19. The van der Waals surface area contributed by atoms with E-state index in [4.69, 9.17) is 16.3 Å². The Hall–Kier alpha value is -2.34. The summed E-state index contributed by atoms with van der Waals surface area (Å²) in [6, 6.07) is 15.3. The van der Waals surface area contributed by atoms with Gasteiger partial charge in [0, 0.05) is 35.8 Å². The first kappa shape index (κ1) is 21.9. The highest BCUT2D eigenvalue weighted by Crippen LogP contribution is 2.24. The summed E-state index contributed by atoms with van der Waals surface area (Å²) in [6.07, 6.45) is 6.72. The summed E-state index contributed by atoms with van der Waals surface area (Å²) in [7, 11) is 0. The van der Waals surface area contributed by atoms with Crippen LogP contribution in [0.15, 0.2) is 54.7 Å². The fraction of sp³-hybridized carbons (Fsp3) is 0.400. The van der Waals surface area contributed by atoms with Crippen LogP contribution in [-0.2, 0) is 4.74 Å². The number of H-pyrrole nitrogens is 1. The number of carbonyl (C=O) groups excluding carboxylic acids is 1. The Morgan fingerprint density at radius 1 is 1.13 bits per heavy atom. The molecule has 2 N–H and O–H groups in total. The summed E-state index contributed by atoms with van der Waals surface area (Å²) in [5.41, 5.74) is 2.48. The zero-order valence-corrected chi connectivity index (χ0v) is 18.5. The van der Waals surface area contributed by atoms with Gasteiger partial charge in [-0.1, -0.05) is 54.4 Å². The first-order valence-electron chi connectivity index (χ1n) is 11.1. The topological polar surface area (TPSA) is 57.4 Å². The number of halogens is 1. The predicted molar refractivity (Wildman–Crippen MR) is 126 cm³/mol. The van der Waals surface area contributed by atoms with Gasteiger partial charge in [0.1, 0.15) is 0 Å². The largest absolute Gasteiger partial charge is 0.379 e. The van der Waals surface area contributed by atoms with Gasteiger partial charge in [0.15, 0.2) is 0 Å². The maximum atomic E-state index is 13.0. The number of rotatable bonds is 9. The van der Waals surface area contributed by atoms with Crippen molar-refractivity contribution in [2.24, 2.45) is 0 Å². The molecule has 3 aromatic rings. The molecule has 2 heterocycles. The van der Waals surface area contributed by atoms with Crippen LogP contribution in [-0.4, -0.2) is 48.6 Å². The van der Waals surface area contributed by atoms with Gasteiger partial charge in [-0.3, -0.25) is 4.79 Å². The van der Waals surface area contributed by atoms with Crippen LogP contribution in [0.2, 0.25) is 5.02 Å². The minimum atomic E-state index is -0.202. The molecule has 5 nitrogen and oxygen atoms in total. The summed E-state index contributed by atoms with van der Waals surface area (Å²) in [5, 5.41) is 4.71. The van der Waals surface area contributed by atoms with Gasteiger partial charge < -0.3 is 19.9 Å². The Kier molecular flexibility index (Phi) is 7.62. The molecule has 1 atom stereocenters. The van der Waals surface area contributed by atoms with Crippen molar-refractivity contribution in [3.05, 3.63) is 70.9 Å². The molecule has 1 aliphatic rings. The molecule has 0 spiro atoms. The molecule has 0 bridgehead atoms. The monoisotopic (exact) mass is 439 g/mol. The van der Waals surface area contributed by atoms with Crippen molar-refractivity contribution in [3.8, 4) is 0 Å². The number of nitrogens with one attached hydrogen (secondary N) is 2. The fourth-order valence-electron chi connectivity index (χ4n) is 4.15. The van der Waals surface area contributed by atoms with Crippen molar-refractivity contribution in [1.29, 1.82) is 0 Å². The summed E-state index contributed by atoms with van der Waals surface area (Å²) in [6.45, 7) is 4.65. The predicted octanol–water partition coefficient (Wildman–Crippen LogP) is 5.19. The van der Waals surface area contributed by atoms with Crippen LogP contribution in [0.3, 0.4) is 0 Å². The van der Waals surface area contributed by atoms with Crippen LogP contribution in [0, 0.1) is 0 Å². The third kappa shape index (κ3) is 5.88. The van der Waals surface area contributed by atoms with Gasteiger partial charge in [-0.2, -0.15) is 0 Å². The van der Waals surface area contributed by atoms with E-state index in [9.17, 15) is 4.79 Å². The maximum Gasteiger partial charge on any atom is 0.251 e. The lowest BCUT2D eigenvalue weighted by Gasteiger charge is -2.26. The molecule has 1 amide bonds. The number of hydrogen-bond acceptors (Lipinski definition) is 3. The van der Waals surface area contributed by atoms with Gasteiger partial charge >= 0.3 is 0 Å². The van der Waals surface area contributed by atoms with Crippen LogP contribution in [0.25, 0.3) is 10.9 Å². The molecule has 1 saturated heterocycles. The highest BCUT2D eigenvalue weighted by molar-refractivity contribution is 6.35. The Morgan fingerprint density at radius 2 is 1.94 bits per heavy atom. The third-order valence-corrected chi connectivity index (χ3v) is 6.21. The first-order valence-corrected chi connectivity index (χ1v) is 11.5. The minimum absolute atomic E-state index is 0.126. The van der Waals surface area contributed by atoms with Crippen LogP contribution in [0.5, 0.6) is 0 Å². The van der Waals surface area contributed by atoms with Crippen molar-refractivity contribution in [2.75, 3.05) is 32.8 Å². The molecule has 0 aliphatic carbocycles. The summed E-state index contributed by atoms with van der Waals surface area (Å²) in [4.78, 5) is 18.6. The summed E-state index contributed by atoms with van der Waals surface area (Å²) >= 11 is 6.15. The normalized spacial score (nSPS) is 15.8. The Bertz CT molecular complexity index is 983. The molecular weight excluding hydrogens is 410 g/mol. The van der Waals surface area contributed by atoms with E-state index >= 15 is 0 Å². The van der Waals surface area contributed by atoms with Gasteiger partial charge in [-0.05, 0) is 50.0 Å². The smallest absolute Gasteiger partial charge is 0.251 e. The molecule has 6 heteroatoms. The SMILES string of the molecule is O=C(N[C@@H](COCCCN1CCCCC1)c1ccccc1)c1ccc2c(Cl)c[nH]c2c1. The number of piperidine rings is 1. The number of likely N-dealkylation sites (tertiary alicyclic amines) is 1. The molecule has 1 aromatic heterocycles. The standard InChI is InChI=1S/C25H30ClN3O2/c26-22-17-27-23-16-20(10-11-21(22)23)25(30)28-24(19-8-3-1-4-9-19)18-31-15-7-14-29-12-5-2-6-13-29/h1,3-4,8-11,16-17,24,27H,2,5-7,12-15,18H2,(H,28,30)/t24-/m0/s1. The second kappa shape index (κ2) is 10.8. The van der Waals surface area contributed by atoms with Gasteiger partial charge in [0.2, 0.25) is 0 Å². The number of ether oxygens (including phenoxy) is 1. The maximum absolute atomic E-state index is 13.0. The molecule has 164 valence electrons. The Balaban J connectivity index is 1.34. The van der Waals surface area contributed by atoms with Gasteiger partial charge in [-0.25, -0.2) is 0 Å². The van der Waals surface area contributed by atoms with E-state index in [2.05, 4.69) is 15.2 Å². The van der Waals surface area contributed by atoms with E-state index in [0.29, 0.717) is 23.8 Å². The number of aromatic amines is 1. The molecular formula is C25H30ClN3O2. The summed E-state index contributed by atoms with van der Waals surface area (Å²) < 4.78 is 5.99. The number of amides is 1. The van der Waals surface area contributed by atoms with E-state index in [-0.39, 0.29) is 11.9 Å². The first-order chi connectivity index (χ1) is 15.2. The molecule has 2 aromatic carbocycles. The molecule has 1 fully saturated rings. The lowest BCUT2D eigenvalue weighted by Crippen LogP contribution is -2.33. The molecule has 0 radical (unpaired) electrons. The van der Waals surface area contributed by atoms with Crippen molar-refractivity contribution in [2.45, 2.75) is 31.7 Å². The fourth-order valence-corrected chi connectivity index (χ4v) is 4.37. The van der Waals surface area contributed by atoms with Crippen molar-refractivity contribution in [1.82, 2.24) is 15.2 Å². The minimum Gasteiger partial charge on any atom is -0.379 e.